The number of nitrogens with zero attached hydrogens (tertiary/aromatic N) is 1. The van der Waals surface area contributed by atoms with Gasteiger partial charge < -0.3 is 15.7 Å². The molecule has 3 N–H and O–H groups in total. The van der Waals surface area contributed by atoms with Crippen LogP contribution in [0.25, 0.3) is 0 Å². The molecule has 2 aromatic rings. The van der Waals surface area contributed by atoms with Gasteiger partial charge in [0.25, 0.3) is 0 Å². The van der Waals surface area contributed by atoms with Gasteiger partial charge in [0.1, 0.15) is 11.5 Å². The first-order chi connectivity index (χ1) is 10.0. The molecule has 0 aliphatic heterocycles. The fourth-order valence-electron chi connectivity index (χ4n) is 1.94. The fraction of sp³-hybridized carbons (Fsp3) is 0.188. The largest absolute Gasteiger partial charge is 0.457 e. The van der Waals surface area contributed by atoms with Crippen molar-refractivity contribution in [2.45, 2.75) is 19.8 Å². The highest BCUT2D eigenvalue weighted by atomic mass is 79.9. The van der Waals surface area contributed by atoms with Crippen molar-refractivity contribution in [3.8, 4) is 11.5 Å². The number of oxime groups is 1. The van der Waals surface area contributed by atoms with Gasteiger partial charge in [0.05, 0.1) is 5.56 Å². The Morgan fingerprint density at radius 3 is 2.43 bits per heavy atom. The van der Waals surface area contributed by atoms with Gasteiger partial charge in [-0.3, -0.25) is 0 Å². The number of hydrogen-bond donors (Lipinski definition) is 2. The van der Waals surface area contributed by atoms with E-state index in [9.17, 15) is 0 Å². The Labute approximate surface area is 132 Å². The lowest BCUT2D eigenvalue weighted by Crippen LogP contribution is -2.15. The van der Waals surface area contributed by atoms with E-state index in [-0.39, 0.29) is 5.84 Å². The molecule has 0 heterocycles. The molecule has 0 amide bonds. The van der Waals surface area contributed by atoms with Crippen LogP contribution in [0.15, 0.2) is 52.1 Å². The second kappa shape index (κ2) is 6.63. The Bertz CT molecular complexity index is 652. The number of ether oxygens (including phenoxy) is 1. The smallest absolute Gasteiger partial charge is 0.175 e. The second-order valence-corrected chi connectivity index (χ2v) is 5.78. The lowest BCUT2D eigenvalue weighted by molar-refractivity contribution is 0.318. The van der Waals surface area contributed by atoms with E-state index in [4.69, 9.17) is 15.7 Å². The molecule has 0 spiro atoms. The molecule has 5 heteroatoms. The van der Waals surface area contributed by atoms with Gasteiger partial charge in [-0.25, -0.2) is 0 Å². The first-order valence-electron chi connectivity index (χ1n) is 6.57. The molecule has 0 fully saturated rings. The van der Waals surface area contributed by atoms with Gasteiger partial charge in [-0.15, -0.1) is 0 Å². The summed E-state index contributed by atoms with van der Waals surface area (Å²) < 4.78 is 6.55. The highest BCUT2D eigenvalue weighted by molar-refractivity contribution is 9.10. The molecule has 0 bridgehead atoms. The zero-order chi connectivity index (χ0) is 15.4. The maximum absolute atomic E-state index is 8.89. The lowest BCUT2D eigenvalue weighted by Gasteiger charge is -2.12. The summed E-state index contributed by atoms with van der Waals surface area (Å²) in [4.78, 5) is 0. The maximum atomic E-state index is 8.89. The Balaban J connectivity index is 2.33. The number of benzene rings is 2. The summed E-state index contributed by atoms with van der Waals surface area (Å²) in [6.45, 7) is 4.28. The van der Waals surface area contributed by atoms with Crippen molar-refractivity contribution in [1.29, 1.82) is 0 Å². The number of rotatable bonds is 4. The van der Waals surface area contributed by atoms with Crippen LogP contribution in [0.4, 0.5) is 0 Å². The fourth-order valence-corrected chi connectivity index (χ4v) is 2.49. The third-order valence-electron chi connectivity index (χ3n) is 3.11. The molecule has 2 rings (SSSR count). The van der Waals surface area contributed by atoms with Gasteiger partial charge in [0.2, 0.25) is 0 Å². The predicted octanol–water partition coefficient (Wildman–Crippen LogP) is 4.46. The number of hydrogen-bond acceptors (Lipinski definition) is 3. The van der Waals surface area contributed by atoms with Crippen LogP contribution >= 0.6 is 15.9 Å². The van der Waals surface area contributed by atoms with Crippen LogP contribution in [0.3, 0.4) is 0 Å². The molecule has 0 saturated carbocycles. The zero-order valence-electron chi connectivity index (χ0n) is 11.9. The summed E-state index contributed by atoms with van der Waals surface area (Å²) in [5.41, 5.74) is 7.47. The van der Waals surface area contributed by atoms with Crippen molar-refractivity contribution in [2.75, 3.05) is 0 Å². The van der Waals surface area contributed by atoms with Gasteiger partial charge >= 0.3 is 0 Å². The summed E-state index contributed by atoms with van der Waals surface area (Å²) >= 11 is 3.38. The molecule has 0 atom stereocenters. The predicted molar refractivity (Wildman–Crippen MR) is 87.3 cm³/mol. The van der Waals surface area contributed by atoms with Crippen molar-refractivity contribution >= 4 is 21.8 Å². The van der Waals surface area contributed by atoms with Gasteiger partial charge in [-0.05, 0) is 51.7 Å². The van der Waals surface area contributed by atoms with E-state index in [1.165, 1.54) is 5.56 Å². The Morgan fingerprint density at radius 2 is 1.86 bits per heavy atom. The minimum atomic E-state index is -0.00345. The summed E-state index contributed by atoms with van der Waals surface area (Å²) in [7, 11) is 0. The molecule has 2 aromatic carbocycles. The molecule has 0 radical (unpaired) electrons. The topological polar surface area (TPSA) is 67.8 Å². The first kappa shape index (κ1) is 15.4. The Morgan fingerprint density at radius 1 is 1.19 bits per heavy atom. The van der Waals surface area contributed by atoms with Crippen LogP contribution in [0.2, 0.25) is 0 Å². The quantitative estimate of drug-likeness (QED) is 0.371. The van der Waals surface area contributed by atoms with Gasteiger partial charge in [-0.2, -0.15) is 0 Å². The van der Waals surface area contributed by atoms with Crippen molar-refractivity contribution < 1.29 is 9.94 Å². The number of amidine groups is 1. The lowest BCUT2D eigenvalue weighted by atomic mass is 10.0. The van der Waals surface area contributed by atoms with Crippen LogP contribution in [0.5, 0.6) is 11.5 Å². The van der Waals surface area contributed by atoms with Gasteiger partial charge in [-0.1, -0.05) is 37.2 Å². The first-order valence-corrected chi connectivity index (χ1v) is 7.36. The van der Waals surface area contributed by atoms with Gasteiger partial charge in [0.15, 0.2) is 5.84 Å². The molecule has 21 heavy (non-hydrogen) atoms. The highest BCUT2D eigenvalue weighted by Crippen LogP contribution is 2.31. The van der Waals surface area contributed by atoms with Crippen molar-refractivity contribution in [2.24, 2.45) is 10.9 Å². The number of halogens is 1. The molecule has 4 nitrogen and oxygen atoms in total. The normalized spacial score (nSPS) is 11.7. The Hall–Kier alpha value is -2.01. The monoisotopic (exact) mass is 348 g/mol. The van der Waals surface area contributed by atoms with Crippen LogP contribution < -0.4 is 10.5 Å². The average Bonchev–Trinajstić information content (AvgIpc) is 2.47. The van der Waals surface area contributed by atoms with Crippen molar-refractivity contribution in [3.05, 3.63) is 58.1 Å². The zero-order valence-corrected chi connectivity index (χ0v) is 13.5. The molecular weight excluding hydrogens is 332 g/mol. The minimum Gasteiger partial charge on any atom is -0.457 e. The van der Waals surface area contributed by atoms with E-state index in [0.29, 0.717) is 27.5 Å². The van der Waals surface area contributed by atoms with E-state index in [1.807, 2.05) is 36.4 Å². The molecule has 0 aliphatic rings. The third kappa shape index (κ3) is 3.55. The summed E-state index contributed by atoms with van der Waals surface area (Å²) in [5.74, 6) is 1.69. The van der Waals surface area contributed by atoms with E-state index in [2.05, 4.69) is 34.9 Å². The summed E-state index contributed by atoms with van der Waals surface area (Å²) in [5, 5.41) is 11.9. The molecule has 110 valence electrons. The van der Waals surface area contributed by atoms with Crippen LogP contribution in [-0.2, 0) is 0 Å². The van der Waals surface area contributed by atoms with Crippen molar-refractivity contribution in [1.82, 2.24) is 0 Å². The number of nitrogens with two attached hydrogens (primary N) is 1. The standard InChI is InChI=1S/C16H17BrN2O2/c1-10(2)11-6-8-12(9-7-11)21-14-5-3-4-13(17)15(14)16(18)19-20/h3-10,20H,1-2H3,(H2,18,19). The molecular formula is C16H17BrN2O2. The second-order valence-electron chi connectivity index (χ2n) is 4.92. The molecule has 0 aromatic heterocycles. The SMILES string of the molecule is CC(C)c1ccc(Oc2cccc(Br)c2/C(N)=N/O)cc1. The van der Waals surface area contributed by atoms with Gasteiger partial charge in [0, 0.05) is 4.47 Å². The van der Waals surface area contributed by atoms with E-state index < -0.39 is 0 Å². The highest BCUT2D eigenvalue weighted by Gasteiger charge is 2.13. The Kier molecular flexibility index (Phi) is 4.85. The van der Waals surface area contributed by atoms with Crippen LogP contribution in [0, 0.1) is 0 Å². The van der Waals surface area contributed by atoms with E-state index in [1.54, 1.807) is 6.07 Å². The van der Waals surface area contributed by atoms with E-state index in [0.717, 1.165) is 0 Å². The molecule has 0 saturated heterocycles. The summed E-state index contributed by atoms with van der Waals surface area (Å²) in [6, 6.07) is 13.3. The molecule has 0 unspecified atom stereocenters. The van der Waals surface area contributed by atoms with Crippen LogP contribution in [-0.4, -0.2) is 11.0 Å². The van der Waals surface area contributed by atoms with Crippen molar-refractivity contribution in [3.63, 3.8) is 0 Å². The molecule has 0 aliphatic carbocycles. The maximum Gasteiger partial charge on any atom is 0.175 e. The average molecular weight is 349 g/mol. The minimum absolute atomic E-state index is 0.00345. The summed E-state index contributed by atoms with van der Waals surface area (Å²) in [6.07, 6.45) is 0. The van der Waals surface area contributed by atoms with Crippen LogP contribution in [0.1, 0.15) is 30.9 Å². The van der Waals surface area contributed by atoms with E-state index >= 15 is 0 Å². The third-order valence-corrected chi connectivity index (χ3v) is 3.77.